The highest BCUT2D eigenvalue weighted by molar-refractivity contribution is 5.59. The van der Waals surface area contributed by atoms with Crippen molar-refractivity contribution in [3.05, 3.63) is 18.0 Å². The van der Waals surface area contributed by atoms with Gasteiger partial charge in [-0.25, -0.2) is 9.97 Å². The van der Waals surface area contributed by atoms with E-state index >= 15 is 0 Å². The van der Waals surface area contributed by atoms with E-state index < -0.39 is 0 Å². The Bertz CT molecular complexity index is 593. The summed E-state index contributed by atoms with van der Waals surface area (Å²) in [5.41, 5.74) is 6.48. The second-order valence-electron chi connectivity index (χ2n) is 4.65. The molecule has 108 valence electrons. The number of ether oxygens (including phenoxy) is 1. The normalized spacial score (nSPS) is 11.1. The third-order valence-corrected chi connectivity index (χ3v) is 2.72. The molecule has 0 bridgehead atoms. The summed E-state index contributed by atoms with van der Waals surface area (Å²) in [5.74, 6) is 2.48. The molecule has 0 spiro atoms. The molecule has 0 atom stereocenters. The molecule has 0 amide bonds. The quantitative estimate of drug-likeness (QED) is 0.890. The van der Waals surface area contributed by atoms with Gasteiger partial charge in [0.1, 0.15) is 17.8 Å². The lowest BCUT2D eigenvalue weighted by molar-refractivity contribution is 0.233. The standard InChI is InChI=1S/C13H20N6O/c1-5-9-17-10(6-2)19(18-9)12-11(14)13(16-7-15-12)20-8(3)4/h7-8H,5-6,14H2,1-4H3. The average Bonchev–Trinajstić information content (AvgIpc) is 2.84. The van der Waals surface area contributed by atoms with Gasteiger partial charge in [-0.3, -0.25) is 0 Å². The number of hydrogen-bond acceptors (Lipinski definition) is 6. The van der Waals surface area contributed by atoms with Gasteiger partial charge in [0.2, 0.25) is 5.88 Å². The highest BCUT2D eigenvalue weighted by atomic mass is 16.5. The molecule has 2 aromatic rings. The number of aromatic nitrogens is 5. The van der Waals surface area contributed by atoms with Gasteiger partial charge in [0, 0.05) is 12.8 Å². The van der Waals surface area contributed by atoms with E-state index in [9.17, 15) is 0 Å². The zero-order chi connectivity index (χ0) is 14.7. The lowest BCUT2D eigenvalue weighted by atomic mass is 10.4. The predicted octanol–water partition coefficient (Wildman–Crippen LogP) is 1.55. The van der Waals surface area contributed by atoms with Crippen molar-refractivity contribution < 1.29 is 4.74 Å². The van der Waals surface area contributed by atoms with E-state index in [0.29, 0.717) is 17.4 Å². The number of hydrogen-bond donors (Lipinski definition) is 1. The number of aryl methyl sites for hydroxylation is 2. The van der Waals surface area contributed by atoms with Crippen LogP contribution in [0.25, 0.3) is 5.82 Å². The largest absolute Gasteiger partial charge is 0.473 e. The van der Waals surface area contributed by atoms with Crippen LogP contribution in [-0.2, 0) is 12.8 Å². The third kappa shape index (κ3) is 2.71. The predicted molar refractivity (Wildman–Crippen MR) is 75.9 cm³/mol. The van der Waals surface area contributed by atoms with Crippen molar-refractivity contribution in [2.24, 2.45) is 0 Å². The van der Waals surface area contributed by atoms with Crippen molar-refractivity contribution in [2.75, 3.05) is 5.73 Å². The van der Waals surface area contributed by atoms with E-state index in [-0.39, 0.29) is 6.10 Å². The zero-order valence-corrected chi connectivity index (χ0v) is 12.3. The summed E-state index contributed by atoms with van der Waals surface area (Å²) in [6.45, 7) is 7.87. The van der Waals surface area contributed by atoms with Gasteiger partial charge in [0.25, 0.3) is 0 Å². The van der Waals surface area contributed by atoms with Gasteiger partial charge >= 0.3 is 0 Å². The fourth-order valence-corrected chi connectivity index (χ4v) is 1.80. The van der Waals surface area contributed by atoms with Crippen LogP contribution >= 0.6 is 0 Å². The van der Waals surface area contributed by atoms with Gasteiger partial charge in [0.15, 0.2) is 11.6 Å². The van der Waals surface area contributed by atoms with Gasteiger partial charge in [-0.1, -0.05) is 13.8 Å². The summed E-state index contributed by atoms with van der Waals surface area (Å²) in [7, 11) is 0. The second kappa shape index (κ2) is 5.85. The van der Waals surface area contributed by atoms with Gasteiger partial charge in [-0.2, -0.15) is 9.67 Å². The Morgan fingerprint density at radius 1 is 1.25 bits per heavy atom. The Hall–Kier alpha value is -2.18. The van der Waals surface area contributed by atoms with Crippen LogP contribution in [0.1, 0.15) is 39.3 Å². The summed E-state index contributed by atoms with van der Waals surface area (Å²) in [5, 5.41) is 4.43. The first-order valence-corrected chi connectivity index (χ1v) is 6.79. The van der Waals surface area contributed by atoms with Crippen LogP contribution in [0.2, 0.25) is 0 Å². The zero-order valence-electron chi connectivity index (χ0n) is 12.3. The van der Waals surface area contributed by atoms with Crippen molar-refractivity contribution in [1.29, 1.82) is 0 Å². The molecule has 2 N–H and O–H groups in total. The van der Waals surface area contributed by atoms with Crippen molar-refractivity contribution in [3.8, 4) is 11.7 Å². The molecule has 2 heterocycles. The highest BCUT2D eigenvalue weighted by Crippen LogP contribution is 2.25. The minimum Gasteiger partial charge on any atom is -0.473 e. The lowest BCUT2D eigenvalue weighted by Gasteiger charge is -2.13. The topological polar surface area (TPSA) is 91.7 Å². The van der Waals surface area contributed by atoms with Crippen LogP contribution in [-0.4, -0.2) is 30.8 Å². The number of rotatable bonds is 5. The van der Waals surface area contributed by atoms with E-state index in [0.717, 1.165) is 24.5 Å². The van der Waals surface area contributed by atoms with Crippen LogP contribution in [0.15, 0.2) is 6.33 Å². The molecule has 2 rings (SSSR count). The van der Waals surface area contributed by atoms with Crippen LogP contribution in [0.5, 0.6) is 5.88 Å². The molecule has 7 heteroatoms. The molecule has 0 fully saturated rings. The minimum absolute atomic E-state index is 0.00681. The second-order valence-corrected chi connectivity index (χ2v) is 4.65. The van der Waals surface area contributed by atoms with E-state index in [1.54, 1.807) is 4.68 Å². The van der Waals surface area contributed by atoms with Gasteiger partial charge < -0.3 is 10.5 Å². The van der Waals surface area contributed by atoms with Gasteiger partial charge in [-0.15, -0.1) is 5.10 Å². The Morgan fingerprint density at radius 2 is 2.00 bits per heavy atom. The number of nitrogen functional groups attached to an aromatic ring is 1. The van der Waals surface area contributed by atoms with Gasteiger partial charge in [0.05, 0.1) is 6.10 Å². The van der Waals surface area contributed by atoms with Crippen molar-refractivity contribution >= 4 is 5.69 Å². The Labute approximate surface area is 118 Å². The Balaban J connectivity index is 2.49. The molecular weight excluding hydrogens is 256 g/mol. The van der Waals surface area contributed by atoms with Crippen LogP contribution < -0.4 is 10.5 Å². The summed E-state index contributed by atoms with van der Waals surface area (Å²) in [4.78, 5) is 12.7. The third-order valence-electron chi connectivity index (χ3n) is 2.72. The van der Waals surface area contributed by atoms with E-state index in [2.05, 4.69) is 20.1 Å². The molecule has 20 heavy (non-hydrogen) atoms. The first-order valence-electron chi connectivity index (χ1n) is 6.79. The molecule has 0 aromatic carbocycles. The maximum atomic E-state index is 6.10. The number of nitrogens with zero attached hydrogens (tertiary/aromatic N) is 5. The average molecular weight is 276 g/mol. The molecule has 0 saturated heterocycles. The van der Waals surface area contributed by atoms with Crippen molar-refractivity contribution in [1.82, 2.24) is 24.7 Å². The maximum Gasteiger partial charge on any atom is 0.242 e. The molecule has 2 aromatic heterocycles. The summed E-state index contributed by atoms with van der Waals surface area (Å²) in [6, 6.07) is 0. The fraction of sp³-hybridized carbons (Fsp3) is 0.538. The molecule has 0 radical (unpaired) electrons. The van der Waals surface area contributed by atoms with E-state index in [1.807, 2.05) is 27.7 Å². The SMILES string of the molecule is CCc1nc(CC)n(-c2ncnc(OC(C)C)c2N)n1. The molecule has 0 aliphatic heterocycles. The Kier molecular flexibility index (Phi) is 4.16. The summed E-state index contributed by atoms with van der Waals surface area (Å²) < 4.78 is 7.25. The number of anilines is 1. The van der Waals surface area contributed by atoms with Crippen molar-refractivity contribution in [3.63, 3.8) is 0 Å². The monoisotopic (exact) mass is 276 g/mol. The smallest absolute Gasteiger partial charge is 0.242 e. The van der Waals surface area contributed by atoms with Gasteiger partial charge in [-0.05, 0) is 13.8 Å². The summed E-state index contributed by atoms with van der Waals surface area (Å²) in [6.07, 6.45) is 2.93. The maximum absolute atomic E-state index is 6.10. The number of nitrogens with two attached hydrogens (primary N) is 1. The fourth-order valence-electron chi connectivity index (χ4n) is 1.80. The first-order chi connectivity index (χ1) is 9.56. The van der Waals surface area contributed by atoms with Crippen molar-refractivity contribution in [2.45, 2.75) is 46.6 Å². The van der Waals surface area contributed by atoms with E-state index in [4.69, 9.17) is 10.5 Å². The molecule has 7 nitrogen and oxygen atoms in total. The molecular formula is C13H20N6O. The molecule has 0 aliphatic rings. The highest BCUT2D eigenvalue weighted by Gasteiger charge is 2.17. The molecule has 0 aliphatic carbocycles. The first kappa shape index (κ1) is 14.2. The van der Waals surface area contributed by atoms with Crippen LogP contribution in [0, 0.1) is 0 Å². The minimum atomic E-state index is -0.00681. The summed E-state index contributed by atoms with van der Waals surface area (Å²) >= 11 is 0. The lowest BCUT2D eigenvalue weighted by Crippen LogP contribution is -2.13. The van der Waals surface area contributed by atoms with Crippen LogP contribution in [0.4, 0.5) is 5.69 Å². The molecule has 0 saturated carbocycles. The van der Waals surface area contributed by atoms with E-state index in [1.165, 1.54) is 6.33 Å². The Morgan fingerprint density at radius 3 is 2.60 bits per heavy atom. The molecule has 0 unspecified atom stereocenters. The van der Waals surface area contributed by atoms with Crippen LogP contribution in [0.3, 0.4) is 0 Å².